The van der Waals surface area contributed by atoms with Gasteiger partial charge in [-0.2, -0.15) is 0 Å². The summed E-state index contributed by atoms with van der Waals surface area (Å²) >= 11 is 0.925. The van der Waals surface area contributed by atoms with Crippen molar-refractivity contribution in [2.45, 2.75) is 56.5 Å². The number of unbranched alkanes of at least 4 members (excludes halogenated alkanes) is 3. The van der Waals surface area contributed by atoms with Crippen molar-refractivity contribution in [3.63, 3.8) is 0 Å². The largest absolute Gasteiger partial charge is 0.363 e. The summed E-state index contributed by atoms with van der Waals surface area (Å²) in [6.45, 7) is 4.22. The molecule has 1 aliphatic heterocycles. The van der Waals surface area contributed by atoms with Crippen LogP contribution < -0.4 is 10.2 Å². The fourth-order valence-electron chi connectivity index (χ4n) is 3.33. The number of amides is 2. The number of anilines is 2. The average molecular weight is 452 g/mol. The van der Waals surface area contributed by atoms with E-state index < -0.39 is 9.84 Å². The molecule has 1 unspecified atom stereocenters. The maximum Gasteiger partial charge on any atom is 0.328 e. The second kappa shape index (κ2) is 9.74. The van der Waals surface area contributed by atoms with Crippen molar-refractivity contribution in [1.29, 1.82) is 0 Å². The molecule has 30 heavy (non-hydrogen) atoms. The lowest BCUT2D eigenvalue weighted by molar-refractivity contribution is 0.229. The number of aryl methyl sites for hydroxylation is 1. The first-order chi connectivity index (χ1) is 14.4. The predicted octanol–water partition coefficient (Wildman–Crippen LogP) is 3.76. The smallest absolute Gasteiger partial charge is 0.328 e. The van der Waals surface area contributed by atoms with Gasteiger partial charge < -0.3 is 10.2 Å². The van der Waals surface area contributed by atoms with Crippen LogP contribution in [-0.2, 0) is 16.3 Å². The third kappa shape index (κ3) is 5.10. The molecule has 0 radical (unpaired) electrons. The Morgan fingerprint density at radius 2 is 1.87 bits per heavy atom. The second-order valence-corrected chi connectivity index (χ2v) is 10.9. The van der Waals surface area contributed by atoms with Crippen LogP contribution in [0.5, 0.6) is 0 Å². The Bertz CT molecular complexity index is 959. The first kappa shape index (κ1) is 22.5. The van der Waals surface area contributed by atoms with Gasteiger partial charge in [0.15, 0.2) is 0 Å². The van der Waals surface area contributed by atoms with Gasteiger partial charge in [-0.25, -0.2) is 18.1 Å². The summed E-state index contributed by atoms with van der Waals surface area (Å²) in [6.07, 6.45) is 5.65. The predicted molar refractivity (Wildman–Crippen MR) is 120 cm³/mol. The van der Waals surface area contributed by atoms with Gasteiger partial charge in [0.2, 0.25) is 19.3 Å². The van der Waals surface area contributed by atoms with Crippen LogP contribution in [0.2, 0.25) is 0 Å². The lowest BCUT2D eigenvalue weighted by Gasteiger charge is -2.22. The van der Waals surface area contributed by atoms with Crippen molar-refractivity contribution < 1.29 is 13.2 Å². The van der Waals surface area contributed by atoms with Crippen molar-refractivity contribution in [2.24, 2.45) is 0 Å². The summed E-state index contributed by atoms with van der Waals surface area (Å²) in [5.41, 5.74) is 2.20. The number of carbonyl (C=O) groups is 1. The van der Waals surface area contributed by atoms with Crippen LogP contribution in [-0.4, -0.2) is 55.1 Å². The van der Waals surface area contributed by atoms with Crippen molar-refractivity contribution in [2.75, 3.05) is 29.6 Å². The molecule has 2 heterocycles. The van der Waals surface area contributed by atoms with Crippen LogP contribution in [0.25, 0.3) is 0 Å². The third-order valence-electron chi connectivity index (χ3n) is 5.15. The van der Waals surface area contributed by atoms with Gasteiger partial charge >= 0.3 is 6.03 Å². The Morgan fingerprint density at radius 1 is 1.13 bits per heavy atom. The number of likely N-dealkylation sites (N-methyl/N-ethyl adjacent to an activating group) is 1. The Morgan fingerprint density at radius 3 is 2.53 bits per heavy atom. The molecule has 1 N–H and O–H groups in total. The van der Waals surface area contributed by atoms with Crippen LogP contribution in [0.15, 0.2) is 28.6 Å². The topological polar surface area (TPSA) is 95.5 Å². The highest BCUT2D eigenvalue weighted by Crippen LogP contribution is 2.30. The summed E-state index contributed by atoms with van der Waals surface area (Å²) in [5, 5.41) is 11.4. The SMILES string of the molecule is CCCCCCc1ccc(NC2CN(C)C(=O)N2c2nnc(S(=O)(=O)CC)s2)cc1. The van der Waals surface area contributed by atoms with E-state index in [2.05, 4.69) is 34.6 Å². The molecule has 2 amide bonds. The minimum atomic E-state index is -3.46. The molecule has 1 atom stereocenters. The number of benzene rings is 1. The molecule has 8 nitrogen and oxygen atoms in total. The molecule has 0 aliphatic carbocycles. The molecule has 10 heteroatoms. The maximum atomic E-state index is 12.7. The lowest BCUT2D eigenvalue weighted by atomic mass is 10.1. The number of hydrogen-bond acceptors (Lipinski definition) is 7. The van der Waals surface area contributed by atoms with E-state index in [1.54, 1.807) is 18.9 Å². The van der Waals surface area contributed by atoms with Gasteiger partial charge in [-0.05, 0) is 30.5 Å². The normalized spacial score (nSPS) is 17.0. The molecule has 0 spiro atoms. The van der Waals surface area contributed by atoms with E-state index in [0.717, 1.165) is 23.4 Å². The number of aromatic nitrogens is 2. The van der Waals surface area contributed by atoms with E-state index in [0.29, 0.717) is 6.54 Å². The summed E-state index contributed by atoms with van der Waals surface area (Å²) in [4.78, 5) is 15.7. The minimum Gasteiger partial charge on any atom is -0.363 e. The van der Waals surface area contributed by atoms with Crippen LogP contribution in [0.1, 0.15) is 45.1 Å². The number of carbonyl (C=O) groups excluding carboxylic acids is 1. The quantitative estimate of drug-likeness (QED) is 0.436. The van der Waals surface area contributed by atoms with Crippen molar-refractivity contribution in [3.8, 4) is 0 Å². The van der Waals surface area contributed by atoms with Gasteiger partial charge in [0.1, 0.15) is 6.17 Å². The van der Waals surface area contributed by atoms with Crippen LogP contribution in [0.4, 0.5) is 15.6 Å². The van der Waals surface area contributed by atoms with E-state index in [-0.39, 0.29) is 27.4 Å². The molecule has 1 aliphatic rings. The summed E-state index contributed by atoms with van der Waals surface area (Å²) in [6, 6.07) is 8.01. The number of rotatable bonds is 10. The van der Waals surface area contributed by atoms with Crippen LogP contribution in [0.3, 0.4) is 0 Å². The number of urea groups is 1. The molecule has 1 saturated heterocycles. The highest BCUT2D eigenvalue weighted by Gasteiger charge is 2.39. The zero-order valence-electron chi connectivity index (χ0n) is 17.7. The van der Waals surface area contributed by atoms with Gasteiger partial charge in [0.25, 0.3) is 0 Å². The highest BCUT2D eigenvalue weighted by molar-refractivity contribution is 7.93. The van der Waals surface area contributed by atoms with Gasteiger partial charge in [-0.1, -0.05) is 56.6 Å². The van der Waals surface area contributed by atoms with E-state index in [1.807, 2.05) is 12.1 Å². The standard InChI is InChI=1S/C20H29N5O3S2/c1-4-6-7-8-9-15-10-12-16(13-11-15)21-17-14-24(3)20(26)25(17)18-22-23-19(29-18)30(27,28)5-2/h10-13,17,21H,4-9,14H2,1-3H3. The van der Waals surface area contributed by atoms with E-state index in [4.69, 9.17) is 0 Å². The maximum absolute atomic E-state index is 12.7. The molecule has 1 aromatic carbocycles. The molecular weight excluding hydrogens is 422 g/mol. The van der Waals surface area contributed by atoms with Crippen LogP contribution in [0, 0.1) is 0 Å². The Balaban J connectivity index is 1.71. The summed E-state index contributed by atoms with van der Waals surface area (Å²) in [5.74, 6) is -0.0536. The number of sulfone groups is 1. The molecule has 0 saturated carbocycles. The van der Waals surface area contributed by atoms with Gasteiger partial charge in [0, 0.05) is 12.7 Å². The second-order valence-electron chi connectivity index (χ2n) is 7.45. The fraction of sp³-hybridized carbons (Fsp3) is 0.550. The summed E-state index contributed by atoms with van der Waals surface area (Å²) < 4.78 is 24.1. The van der Waals surface area contributed by atoms with Crippen molar-refractivity contribution >= 4 is 38.0 Å². The molecular formula is C20H29N5O3S2. The number of hydrogen-bond donors (Lipinski definition) is 1. The van der Waals surface area contributed by atoms with E-state index in [9.17, 15) is 13.2 Å². The van der Waals surface area contributed by atoms with Crippen molar-refractivity contribution in [3.05, 3.63) is 29.8 Å². The first-order valence-electron chi connectivity index (χ1n) is 10.3. The lowest BCUT2D eigenvalue weighted by Crippen LogP contribution is -2.39. The van der Waals surface area contributed by atoms with Gasteiger partial charge in [-0.15, -0.1) is 10.2 Å². The molecule has 2 aromatic rings. The van der Waals surface area contributed by atoms with Crippen molar-refractivity contribution in [1.82, 2.24) is 15.1 Å². The van der Waals surface area contributed by atoms with Crippen LogP contribution >= 0.6 is 11.3 Å². The summed E-state index contributed by atoms with van der Waals surface area (Å²) in [7, 11) is -1.75. The Kier molecular flexibility index (Phi) is 7.30. The number of nitrogens with zero attached hydrogens (tertiary/aromatic N) is 4. The zero-order chi connectivity index (χ0) is 21.7. The fourth-order valence-corrected chi connectivity index (χ4v) is 5.45. The average Bonchev–Trinajstić information content (AvgIpc) is 3.32. The Labute approximate surface area is 182 Å². The first-order valence-corrected chi connectivity index (χ1v) is 12.8. The molecule has 164 valence electrons. The highest BCUT2D eigenvalue weighted by atomic mass is 32.2. The molecule has 3 rings (SSSR count). The number of nitrogens with one attached hydrogen (secondary N) is 1. The zero-order valence-corrected chi connectivity index (χ0v) is 19.3. The minimum absolute atomic E-state index is 0.0536. The Hall–Kier alpha value is -2.20. The monoisotopic (exact) mass is 451 g/mol. The van der Waals surface area contributed by atoms with E-state index >= 15 is 0 Å². The van der Waals surface area contributed by atoms with Gasteiger partial charge in [0.05, 0.1) is 12.3 Å². The molecule has 1 fully saturated rings. The molecule has 0 bridgehead atoms. The molecule has 1 aromatic heterocycles. The third-order valence-corrected chi connectivity index (χ3v) is 8.25. The van der Waals surface area contributed by atoms with Gasteiger partial charge in [-0.3, -0.25) is 0 Å². The van der Waals surface area contributed by atoms with E-state index in [1.165, 1.54) is 36.1 Å².